The molecule has 3 aromatic rings. The van der Waals surface area contributed by atoms with Crippen LogP contribution in [0.1, 0.15) is 27.9 Å². The number of hydrazine groups is 1. The maximum absolute atomic E-state index is 15.7. The minimum Gasteiger partial charge on any atom is -0.298 e. The van der Waals surface area contributed by atoms with Gasteiger partial charge in [-0.2, -0.15) is 8.78 Å². The van der Waals surface area contributed by atoms with Crippen molar-refractivity contribution < 1.29 is 17.6 Å². The van der Waals surface area contributed by atoms with Crippen LogP contribution in [0.15, 0.2) is 66.0 Å². The summed E-state index contributed by atoms with van der Waals surface area (Å²) in [7, 11) is 0. The van der Waals surface area contributed by atoms with E-state index in [2.05, 4.69) is 22.0 Å². The van der Waals surface area contributed by atoms with E-state index in [-0.39, 0.29) is 0 Å². The monoisotopic (exact) mass is 469 g/mol. The van der Waals surface area contributed by atoms with Crippen LogP contribution in [0.3, 0.4) is 0 Å². The largest absolute Gasteiger partial charge is 0.323 e. The zero-order valence-corrected chi connectivity index (χ0v) is 17.9. The lowest BCUT2D eigenvalue weighted by molar-refractivity contribution is -0.0958. The number of halogens is 4. The molecule has 0 amide bonds. The van der Waals surface area contributed by atoms with Crippen LogP contribution in [0.5, 0.6) is 0 Å². The number of aromatic nitrogens is 1. The SMILES string of the molecule is Cc1ccc(C#Cc2ccc(C(F)(F)C(CN(N)C=N)(N=O)c3ccc(F)cc3F)nc2)cc1. The molecule has 0 saturated carbocycles. The number of benzene rings is 2. The first-order valence-corrected chi connectivity index (χ1v) is 9.88. The number of pyridine rings is 1. The molecular weight excluding hydrogens is 450 g/mol. The molecule has 174 valence electrons. The smallest absolute Gasteiger partial charge is 0.298 e. The number of hydrogen-bond donors (Lipinski definition) is 2. The van der Waals surface area contributed by atoms with E-state index in [0.29, 0.717) is 34.6 Å². The highest BCUT2D eigenvalue weighted by Gasteiger charge is 2.61. The van der Waals surface area contributed by atoms with E-state index in [1.165, 1.54) is 6.07 Å². The molecule has 0 saturated heterocycles. The van der Waals surface area contributed by atoms with E-state index in [0.717, 1.165) is 23.9 Å². The lowest BCUT2D eigenvalue weighted by Gasteiger charge is -2.36. The number of hydrogen-bond acceptors (Lipinski definition) is 5. The molecule has 0 spiro atoms. The fraction of sp³-hybridized carbons (Fsp3) is 0.167. The second kappa shape index (κ2) is 9.80. The molecular formula is C24H19F4N5O. The summed E-state index contributed by atoms with van der Waals surface area (Å²) in [5, 5.41) is 10.2. The fourth-order valence-electron chi connectivity index (χ4n) is 3.27. The van der Waals surface area contributed by atoms with Gasteiger partial charge >= 0.3 is 5.92 Å². The van der Waals surface area contributed by atoms with Crippen molar-refractivity contribution in [3.63, 3.8) is 0 Å². The van der Waals surface area contributed by atoms with Gasteiger partial charge in [0.15, 0.2) is 0 Å². The van der Waals surface area contributed by atoms with Crippen molar-refractivity contribution in [2.75, 3.05) is 6.54 Å². The van der Waals surface area contributed by atoms with Crippen LogP contribution in [0.2, 0.25) is 0 Å². The Hall–Kier alpha value is -4.10. The van der Waals surface area contributed by atoms with Gasteiger partial charge in [0.25, 0.3) is 0 Å². The molecule has 2 aromatic carbocycles. The zero-order valence-electron chi connectivity index (χ0n) is 17.9. The first-order chi connectivity index (χ1) is 16.1. The normalized spacial score (nSPS) is 12.8. The van der Waals surface area contributed by atoms with Crippen LogP contribution in [0, 0.1) is 40.7 Å². The van der Waals surface area contributed by atoms with Crippen LogP contribution < -0.4 is 5.84 Å². The van der Waals surface area contributed by atoms with E-state index in [1.54, 1.807) is 0 Å². The third kappa shape index (κ3) is 4.79. The van der Waals surface area contributed by atoms with Gasteiger partial charge in [-0.1, -0.05) is 35.6 Å². The quantitative estimate of drug-likeness (QED) is 0.101. The second-order valence-corrected chi connectivity index (χ2v) is 7.50. The van der Waals surface area contributed by atoms with Crippen molar-refractivity contribution in [1.29, 1.82) is 5.41 Å². The Bertz CT molecular complexity index is 1250. The Morgan fingerprint density at radius 2 is 1.74 bits per heavy atom. The molecule has 0 fully saturated rings. The Labute approximate surface area is 192 Å². The molecule has 1 atom stereocenters. The minimum absolute atomic E-state index is 0.317. The van der Waals surface area contributed by atoms with Gasteiger partial charge in [-0.25, -0.2) is 14.6 Å². The highest BCUT2D eigenvalue weighted by atomic mass is 19.3. The Kier molecular flexibility index (Phi) is 7.08. The van der Waals surface area contributed by atoms with Gasteiger partial charge in [0.05, 0.1) is 12.9 Å². The summed E-state index contributed by atoms with van der Waals surface area (Å²) < 4.78 is 59.5. The van der Waals surface area contributed by atoms with E-state index in [1.807, 2.05) is 31.2 Å². The topological polar surface area (TPSA) is 95.4 Å². The molecule has 34 heavy (non-hydrogen) atoms. The summed E-state index contributed by atoms with van der Waals surface area (Å²) in [5.74, 6) is 4.51. The van der Waals surface area contributed by atoms with Gasteiger partial charge in [0, 0.05) is 29.0 Å². The Morgan fingerprint density at radius 1 is 1.09 bits per heavy atom. The maximum Gasteiger partial charge on any atom is 0.323 e. The fourth-order valence-corrected chi connectivity index (χ4v) is 3.27. The molecule has 0 radical (unpaired) electrons. The molecule has 0 aliphatic heterocycles. The lowest BCUT2D eigenvalue weighted by Crippen LogP contribution is -2.52. The summed E-state index contributed by atoms with van der Waals surface area (Å²) in [4.78, 5) is 15.6. The molecule has 1 unspecified atom stereocenters. The van der Waals surface area contributed by atoms with E-state index >= 15 is 8.78 Å². The van der Waals surface area contributed by atoms with Crippen molar-refractivity contribution in [3.8, 4) is 11.8 Å². The standard InChI is InChI=1S/C24H19F4N5O/c1-16-2-4-17(5-3-16)6-7-18-8-11-22(31-13-18)24(27,28)23(32-34,14-33(30)15-29)20-10-9-19(25)12-21(20)26/h2-5,8-13,15,29H,14,30H2,1H3. The summed E-state index contributed by atoms with van der Waals surface area (Å²) in [6.07, 6.45) is 1.55. The molecule has 1 aromatic heterocycles. The molecule has 0 aliphatic rings. The first kappa shape index (κ1) is 24.5. The molecule has 0 aliphatic carbocycles. The van der Waals surface area contributed by atoms with E-state index < -0.39 is 40.9 Å². The van der Waals surface area contributed by atoms with Crippen molar-refractivity contribution in [3.05, 3.63) is 105 Å². The predicted octanol–water partition coefficient (Wildman–Crippen LogP) is 4.60. The molecule has 6 nitrogen and oxygen atoms in total. The number of rotatable bonds is 7. The van der Waals surface area contributed by atoms with E-state index in [4.69, 9.17) is 11.3 Å². The summed E-state index contributed by atoms with van der Waals surface area (Å²) in [5.41, 5.74) is -2.86. The van der Waals surface area contributed by atoms with Gasteiger partial charge in [-0.15, -0.1) is 4.91 Å². The van der Waals surface area contributed by atoms with Crippen molar-refractivity contribution in [2.45, 2.75) is 18.4 Å². The lowest BCUT2D eigenvalue weighted by atomic mass is 9.81. The van der Waals surface area contributed by atoms with Crippen LogP contribution in [-0.2, 0) is 11.5 Å². The first-order valence-electron chi connectivity index (χ1n) is 9.88. The molecule has 3 N–H and O–H groups in total. The van der Waals surface area contributed by atoms with Crippen LogP contribution in [0.4, 0.5) is 17.6 Å². The van der Waals surface area contributed by atoms with Gasteiger partial charge in [-0.05, 0) is 42.4 Å². The van der Waals surface area contributed by atoms with Crippen LogP contribution in [-0.4, -0.2) is 22.9 Å². The minimum atomic E-state index is -4.20. The Morgan fingerprint density at radius 3 is 2.29 bits per heavy atom. The summed E-state index contributed by atoms with van der Waals surface area (Å²) in [6, 6.07) is 11.3. The third-order valence-electron chi connectivity index (χ3n) is 5.12. The molecule has 10 heteroatoms. The van der Waals surface area contributed by atoms with Gasteiger partial charge in [-0.3, -0.25) is 15.4 Å². The maximum atomic E-state index is 15.7. The average molecular weight is 469 g/mol. The summed E-state index contributed by atoms with van der Waals surface area (Å²) >= 11 is 0. The molecule has 1 heterocycles. The van der Waals surface area contributed by atoms with Gasteiger partial charge in [0.2, 0.25) is 5.54 Å². The number of nitroso groups, excluding NO2 is 1. The molecule has 3 rings (SSSR count). The molecule has 0 bridgehead atoms. The van der Waals surface area contributed by atoms with Gasteiger partial charge < -0.3 is 0 Å². The zero-order chi connectivity index (χ0) is 24.9. The number of alkyl halides is 2. The summed E-state index contributed by atoms with van der Waals surface area (Å²) in [6.45, 7) is 0.851. The highest BCUT2D eigenvalue weighted by molar-refractivity contribution is 5.50. The van der Waals surface area contributed by atoms with Crippen LogP contribution >= 0.6 is 0 Å². The third-order valence-corrected chi connectivity index (χ3v) is 5.12. The number of nitrogens with zero attached hydrogens (tertiary/aromatic N) is 3. The number of nitrogens with one attached hydrogen (secondary N) is 1. The Balaban J connectivity index is 2.05. The number of nitrogens with two attached hydrogens (primary N) is 1. The van der Waals surface area contributed by atoms with Gasteiger partial charge in [0.1, 0.15) is 17.3 Å². The average Bonchev–Trinajstić information content (AvgIpc) is 2.82. The predicted molar refractivity (Wildman–Crippen MR) is 119 cm³/mol. The van der Waals surface area contributed by atoms with Crippen LogP contribution in [0.25, 0.3) is 0 Å². The highest BCUT2D eigenvalue weighted by Crippen LogP contribution is 2.48. The van der Waals surface area contributed by atoms with Crippen molar-refractivity contribution >= 4 is 6.34 Å². The van der Waals surface area contributed by atoms with E-state index in [9.17, 15) is 13.7 Å². The van der Waals surface area contributed by atoms with Crippen molar-refractivity contribution in [2.24, 2.45) is 11.0 Å². The second-order valence-electron chi connectivity index (χ2n) is 7.50. The number of aryl methyl sites for hydroxylation is 1. The van der Waals surface area contributed by atoms with Crippen molar-refractivity contribution in [1.82, 2.24) is 9.99 Å².